The van der Waals surface area contributed by atoms with Crippen LogP contribution in [0.5, 0.6) is 0 Å². The van der Waals surface area contributed by atoms with E-state index in [4.69, 9.17) is 5.73 Å². The standard InChI is InChI=1S/C8H17NO.C2H6/c1-3-5-7(6-4-2)8(9)10;1-2/h7H,3-6H2,1-2H3,(H2,9,10);1-2H3. The van der Waals surface area contributed by atoms with Crippen molar-refractivity contribution >= 4 is 5.91 Å². The summed E-state index contributed by atoms with van der Waals surface area (Å²) in [5.74, 6) is -0.0151. The van der Waals surface area contributed by atoms with Gasteiger partial charge in [-0.25, -0.2) is 0 Å². The van der Waals surface area contributed by atoms with Gasteiger partial charge in [-0.15, -0.1) is 0 Å². The number of nitrogens with two attached hydrogens (primary N) is 1. The number of carbonyl (C=O) groups is 1. The second-order valence-corrected chi connectivity index (χ2v) is 2.68. The van der Waals surface area contributed by atoms with E-state index in [0.29, 0.717) is 0 Å². The lowest BCUT2D eigenvalue weighted by Gasteiger charge is -2.09. The van der Waals surface area contributed by atoms with E-state index in [0.717, 1.165) is 25.7 Å². The highest BCUT2D eigenvalue weighted by atomic mass is 16.1. The molecule has 0 aromatic heterocycles. The summed E-state index contributed by atoms with van der Waals surface area (Å²) in [5, 5.41) is 0. The number of hydrogen-bond acceptors (Lipinski definition) is 1. The van der Waals surface area contributed by atoms with Gasteiger partial charge >= 0.3 is 0 Å². The summed E-state index contributed by atoms with van der Waals surface area (Å²) in [7, 11) is 0. The molecule has 2 heteroatoms. The Labute approximate surface area is 76.5 Å². The first kappa shape index (κ1) is 14.0. The molecule has 0 bridgehead atoms. The van der Waals surface area contributed by atoms with E-state index < -0.39 is 0 Å². The largest absolute Gasteiger partial charge is 0.369 e. The zero-order valence-corrected chi connectivity index (χ0v) is 8.89. The van der Waals surface area contributed by atoms with Crippen molar-refractivity contribution in [2.45, 2.75) is 53.4 Å². The van der Waals surface area contributed by atoms with Gasteiger partial charge in [-0.2, -0.15) is 0 Å². The predicted molar refractivity (Wildman–Crippen MR) is 53.8 cm³/mol. The van der Waals surface area contributed by atoms with E-state index in [9.17, 15) is 4.79 Å². The molecular formula is C10H23NO. The first-order valence-electron chi connectivity index (χ1n) is 5.01. The van der Waals surface area contributed by atoms with E-state index in [1.54, 1.807) is 0 Å². The van der Waals surface area contributed by atoms with Crippen LogP contribution in [0, 0.1) is 5.92 Å². The highest BCUT2D eigenvalue weighted by Crippen LogP contribution is 2.11. The first-order chi connectivity index (χ1) is 5.72. The van der Waals surface area contributed by atoms with Gasteiger partial charge in [0.15, 0.2) is 0 Å². The van der Waals surface area contributed by atoms with Crippen LogP contribution >= 0.6 is 0 Å². The van der Waals surface area contributed by atoms with Crippen LogP contribution < -0.4 is 5.73 Å². The maximum absolute atomic E-state index is 10.7. The summed E-state index contributed by atoms with van der Waals surface area (Å²) in [5.41, 5.74) is 5.17. The second kappa shape index (κ2) is 10.5. The minimum absolute atomic E-state index is 0.120. The quantitative estimate of drug-likeness (QED) is 0.682. The molecule has 1 amide bonds. The monoisotopic (exact) mass is 173 g/mol. The number of carbonyl (C=O) groups excluding carboxylic acids is 1. The highest BCUT2D eigenvalue weighted by Gasteiger charge is 2.11. The van der Waals surface area contributed by atoms with E-state index in [1.807, 2.05) is 13.8 Å². The molecule has 0 saturated heterocycles. The number of hydrogen-bond donors (Lipinski definition) is 1. The van der Waals surface area contributed by atoms with E-state index >= 15 is 0 Å². The van der Waals surface area contributed by atoms with Gasteiger partial charge in [0.05, 0.1) is 0 Å². The lowest BCUT2D eigenvalue weighted by Crippen LogP contribution is -2.22. The van der Waals surface area contributed by atoms with Crippen LogP contribution in [0.3, 0.4) is 0 Å². The molecule has 0 aromatic carbocycles. The van der Waals surface area contributed by atoms with E-state index in [-0.39, 0.29) is 11.8 Å². The molecule has 2 N–H and O–H groups in total. The van der Waals surface area contributed by atoms with Gasteiger partial charge in [0.25, 0.3) is 0 Å². The topological polar surface area (TPSA) is 43.1 Å². The van der Waals surface area contributed by atoms with Gasteiger partial charge in [-0.1, -0.05) is 40.5 Å². The molecule has 0 heterocycles. The Kier molecular flexibility index (Phi) is 12.2. The molecular weight excluding hydrogens is 150 g/mol. The van der Waals surface area contributed by atoms with Crippen molar-refractivity contribution in [2.75, 3.05) is 0 Å². The van der Waals surface area contributed by atoms with Crippen LogP contribution in [0.25, 0.3) is 0 Å². The zero-order chi connectivity index (χ0) is 9.98. The van der Waals surface area contributed by atoms with Gasteiger partial charge in [0.1, 0.15) is 0 Å². The first-order valence-corrected chi connectivity index (χ1v) is 5.01. The number of primary amides is 1. The third kappa shape index (κ3) is 7.58. The highest BCUT2D eigenvalue weighted by molar-refractivity contribution is 5.76. The van der Waals surface area contributed by atoms with E-state index in [2.05, 4.69) is 13.8 Å². The van der Waals surface area contributed by atoms with E-state index in [1.165, 1.54) is 0 Å². The van der Waals surface area contributed by atoms with Crippen LogP contribution in [0.2, 0.25) is 0 Å². The molecule has 0 aromatic rings. The molecule has 2 nitrogen and oxygen atoms in total. The summed E-state index contributed by atoms with van der Waals surface area (Å²) in [6.45, 7) is 8.15. The Morgan fingerprint density at radius 1 is 1.17 bits per heavy atom. The summed E-state index contributed by atoms with van der Waals surface area (Å²) in [6, 6.07) is 0. The molecule has 12 heavy (non-hydrogen) atoms. The van der Waals surface area contributed by atoms with Crippen molar-refractivity contribution < 1.29 is 4.79 Å². The Bertz CT molecular complexity index is 96.0. The number of amides is 1. The Balaban J connectivity index is 0. The molecule has 0 atom stereocenters. The van der Waals surface area contributed by atoms with Crippen LogP contribution in [0.1, 0.15) is 53.4 Å². The van der Waals surface area contributed by atoms with Crippen molar-refractivity contribution in [3.63, 3.8) is 0 Å². The molecule has 0 aliphatic carbocycles. The third-order valence-electron chi connectivity index (χ3n) is 1.68. The second-order valence-electron chi connectivity index (χ2n) is 2.68. The van der Waals surface area contributed by atoms with Crippen molar-refractivity contribution in [1.29, 1.82) is 0 Å². The molecule has 0 radical (unpaired) electrons. The van der Waals surface area contributed by atoms with Crippen molar-refractivity contribution in [2.24, 2.45) is 11.7 Å². The lowest BCUT2D eigenvalue weighted by molar-refractivity contribution is -0.122. The molecule has 74 valence electrons. The Morgan fingerprint density at radius 3 is 1.67 bits per heavy atom. The van der Waals surface area contributed by atoms with Gasteiger partial charge < -0.3 is 5.73 Å². The average molecular weight is 173 g/mol. The molecule has 0 unspecified atom stereocenters. The lowest BCUT2D eigenvalue weighted by atomic mass is 9.98. The molecule has 0 aliphatic rings. The minimum atomic E-state index is -0.135. The van der Waals surface area contributed by atoms with Gasteiger partial charge in [-0.05, 0) is 12.8 Å². The molecule has 0 aliphatic heterocycles. The maximum Gasteiger partial charge on any atom is 0.220 e. The predicted octanol–water partition coefficient (Wildman–Crippen LogP) is 2.71. The van der Waals surface area contributed by atoms with Crippen LogP contribution in [-0.2, 0) is 4.79 Å². The summed E-state index contributed by atoms with van der Waals surface area (Å²) >= 11 is 0. The smallest absolute Gasteiger partial charge is 0.220 e. The van der Waals surface area contributed by atoms with Crippen LogP contribution in [0.4, 0.5) is 0 Å². The van der Waals surface area contributed by atoms with Crippen molar-refractivity contribution in [3.8, 4) is 0 Å². The fourth-order valence-electron chi connectivity index (χ4n) is 1.13. The molecule has 0 spiro atoms. The average Bonchev–Trinajstić information content (AvgIpc) is 2.08. The fourth-order valence-corrected chi connectivity index (χ4v) is 1.13. The van der Waals surface area contributed by atoms with Crippen LogP contribution in [-0.4, -0.2) is 5.91 Å². The Hall–Kier alpha value is -0.530. The van der Waals surface area contributed by atoms with Gasteiger partial charge in [-0.3, -0.25) is 4.79 Å². The zero-order valence-electron chi connectivity index (χ0n) is 8.89. The van der Waals surface area contributed by atoms with Crippen LogP contribution in [0.15, 0.2) is 0 Å². The summed E-state index contributed by atoms with van der Waals surface area (Å²) < 4.78 is 0. The van der Waals surface area contributed by atoms with Crippen molar-refractivity contribution in [1.82, 2.24) is 0 Å². The van der Waals surface area contributed by atoms with Crippen molar-refractivity contribution in [3.05, 3.63) is 0 Å². The summed E-state index contributed by atoms with van der Waals surface area (Å²) in [4.78, 5) is 10.7. The molecule has 0 fully saturated rings. The molecule has 0 rings (SSSR count). The maximum atomic E-state index is 10.7. The Morgan fingerprint density at radius 2 is 1.50 bits per heavy atom. The van der Waals surface area contributed by atoms with Gasteiger partial charge in [0.2, 0.25) is 5.91 Å². The summed E-state index contributed by atoms with van der Waals surface area (Å²) in [6.07, 6.45) is 3.99. The minimum Gasteiger partial charge on any atom is -0.369 e. The third-order valence-corrected chi connectivity index (χ3v) is 1.68. The number of rotatable bonds is 5. The van der Waals surface area contributed by atoms with Gasteiger partial charge in [0, 0.05) is 5.92 Å². The fraction of sp³-hybridized carbons (Fsp3) is 0.900. The molecule has 0 saturated carbocycles. The normalized spacial score (nSPS) is 9.08. The SMILES string of the molecule is CC.CCCC(CCC)C(N)=O.